The minimum absolute atomic E-state index is 0.0945. The van der Waals surface area contributed by atoms with Gasteiger partial charge in [-0.1, -0.05) is 51.3 Å². The molecule has 2 aromatic rings. The number of ether oxygens (including phenoxy) is 1. The van der Waals surface area contributed by atoms with Crippen LogP contribution in [0.25, 0.3) is 0 Å². The van der Waals surface area contributed by atoms with E-state index in [1.165, 1.54) is 0 Å². The predicted octanol–water partition coefficient (Wildman–Crippen LogP) is 4.76. The van der Waals surface area contributed by atoms with E-state index in [0.29, 0.717) is 22.3 Å². The molecule has 116 valence electrons. The number of benzene rings is 2. The Morgan fingerprint density at radius 2 is 2.05 bits per heavy atom. The number of carbonyl (C=O) groups is 1. The fourth-order valence-electron chi connectivity index (χ4n) is 1.91. The van der Waals surface area contributed by atoms with Crippen LogP contribution in [0.3, 0.4) is 0 Å². The van der Waals surface area contributed by atoms with Gasteiger partial charge in [-0.3, -0.25) is 4.79 Å². The summed E-state index contributed by atoms with van der Waals surface area (Å²) < 4.78 is 6.37. The smallest absolute Gasteiger partial charge is 0.258 e. The standard InChI is InChI=1S/C16H14BrCl2NO2/c1-10-5-12(17)7-14(19)16(10)22-9-15(21)20-8-11-3-2-4-13(18)6-11/h2-7H,8-9H2,1H3,(H,20,21). The Bertz CT molecular complexity index is 669. The fraction of sp³-hybridized carbons (Fsp3) is 0.188. The first-order valence-corrected chi connectivity index (χ1v) is 8.10. The summed E-state index contributed by atoms with van der Waals surface area (Å²) in [6, 6.07) is 10.9. The van der Waals surface area contributed by atoms with Crippen molar-refractivity contribution in [1.82, 2.24) is 5.32 Å². The summed E-state index contributed by atoms with van der Waals surface area (Å²) in [5, 5.41) is 3.88. The Kier molecular flexibility index (Phi) is 6.12. The average molecular weight is 403 g/mol. The van der Waals surface area contributed by atoms with Crippen LogP contribution in [-0.2, 0) is 11.3 Å². The van der Waals surface area contributed by atoms with Gasteiger partial charge in [-0.25, -0.2) is 0 Å². The molecule has 0 aliphatic carbocycles. The highest BCUT2D eigenvalue weighted by atomic mass is 79.9. The molecule has 0 atom stereocenters. The van der Waals surface area contributed by atoms with Crippen LogP contribution in [0.4, 0.5) is 0 Å². The van der Waals surface area contributed by atoms with Gasteiger partial charge >= 0.3 is 0 Å². The van der Waals surface area contributed by atoms with Gasteiger partial charge < -0.3 is 10.1 Å². The molecule has 1 N–H and O–H groups in total. The lowest BCUT2D eigenvalue weighted by Gasteiger charge is -2.12. The molecule has 3 nitrogen and oxygen atoms in total. The van der Waals surface area contributed by atoms with Crippen LogP contribution >= 0.6 is 39.1 Å². The molecule has 0 heterocycles. The van der Waals surface area contributed by atoms with E-state index >= 15 is 0 Å². The van der Waals surface area contributed by atoms with E-state index in [1.54, 1.807) is 18.2 Å². The van der Waals surface area contributed by atoms with Gasteiger partial charge in [-0.15, -0.1) is 0 Å². The molecule has 0 fully saturated rings. The number of nitrogens with one attached hydrogen (secondary N) is 1. The first kappa shape index (κ1) is 17.1. The van der Waals surface area contributed by atoms with Gasteiger partial charge in [0.15, 0.2) is 6.61 Å². The van der Waals surface area contributed by atoms with Crippen molar-refractivity contribution in [3.63, 3.8) is 0 Å². The summed E-state index contributed by atoms with van der Waals surface area (Å²) in [6.07, 6.45) is 0. The molecule has 0 aliphatic rings. The number of carbonyl (C=O) groups excluding carboxylic acids is 1. The second kappa shape index (κ2) is 7.86. The normalized spacial score (nSPS) is 10.4. The van der Waals surface area contributed by atoms with Crippen LogP contribution in [0.15, 0.2) is 40.9 Å². The molecule has 0 spiro atoms. The SMILES string of the molecule is Cc1cc(Br)cc(Cl)c1OCC(=O)NCc1cccc(Cl)c1. The van der Waals surface area contributed by atoms with E-state index in [9.17, 15) is 4.79 Å². The molecule has 22 heavy (non-hydrogen) atoms. The monoisotopic (exact) mass is 401 g/mol. The number of amides is 1. The fourth-order valence-corrected chi connectivity index (χ4v) is 3.15. The van der Waals surface area contributed by atoms with Gasteiger partial charge in [-0.05, 0) is 42.3 Å². The highest BCUT2D eigenvalue weighted by Crippen LogP contribution is 2.31. The molecular weight excluding hydrogens is 389 g/mol. The number of hydrogen-bond acceptors (Lipinski definition) is 2. The second-order valence-corrected chi connectivity index (χ2v) is 6.49. The number of hydrogen-bond donors (Lipinski definition) is 1. The Labute approximate surface area is 147 Å². The largest absolute Gasteiger partial charge is 0.482 e. The third kappa shape index (κ3) is 4.90. The van der Waals surface area contributed by atoms with Crippen LogP contribution in [0, 0.1) is 6.92 Å². The molecule has 0 radical (unpaired) electrons. The zero-order valence-corrected chi connectivity index (χ0v) is 14.9. The number of rotatable bonds is 5. The van der Waals surface area contributed by atoms with Crippen LogP contribution in [0.2, 0.25) is 10.0 Å². The van der Waals surface area contributed by atoms with Gasteiger partial charge in [0, 0.05) is 16.0 Å². The molecule has 2 rings (SSSR count). The van der Waals surface area contributed by atoms with Crippen molar-refractivity contribution in [2.75, 3.05) is 6.61 Å². The second-order valence-electron chi connectivity index (χ2n) is 4.73. The van der Waals surface area contributed by atoms with Crippen molar-refractivity contribution in [3.05, 3.63) is 62.0 Å². The number of aryl methyl sites for hydroxylation is 1. The maximum Gasteiger partial charge on any atom is 0.258 e. The Morgan fingerprint density at radius 1 is 1.27 bits per heavy atom. The third-order valence-corrected chi connectivity index (χ3v) is 3.89. The Morgan fingerprint density at radius 3 is 2.73 bits per heavy atom. The van der Waals surface area contributed by atoms with Gasteiger partial charge in [0.05, 0.1) is 5.02 Å². The Balaban J connectivity index is 1.88. The molecule has 1 amide bonds. The average Bonchev–Trinajstić information content (AvgIpc) is 2.44. The molecule has 0 saturated heterocycles. The van der Waals surface area contributed by atoms with Gasteiger partial charge in [0.1, 0.15) is 5.75 Å². The first-order valence-electron chi connectivity index (χ1n) is 6.55. The summed E-state index contributed by atoms with van der Waals surface area (Å²) in [5.74, 6) is 0.293. The van der Waals surface area contributed by atoms with E-state index in [4.69, 9.17) is 27.9 Å². The topological polar surface area (TPSA) is 38.3 Å². The zero-order chi connectivity index (χ0) is 16.1. The highest BCUT2D eigenvalue weighted by Gasteiger charge is 2.10. The minimum Gasteiger partial charge on any atom is -0.482 e. The molecular formula is C16H14BrCl2NO2. The van der Waals surface area contributed by atoms with Crippen LogP contribution < -0.4 is 10.1 Å². The van der Waals surface area contributed by atoms with Crippen LogP contribution in [0.5, 0.6) is 5.75 Å². The maximum absolute atomic E-state index is 11.8. The minimum atomic E-state index is -0.224. The zero-order valence-electron chi connectivity index (χ0n) is 11.8. The van der Waals surface area contributed by atoms with Crippen molar-refractivity contribution >= 4 is 45.0 Å². The molecule has 0 bridgehead atoms. The van der Waals surface area contributed by atoms with Crippen LogP contribution in [-0.4, -0.2) is 12.5 Å². The van der Waals surface area contributed by atoms with Crippen molar-refractivity contribution in [1.29, 1.82) is 0 Å². The summed E-state index contributed by atoms with van der Waals surface area (Å²) in [6.45, 7) is 2.18. The van der Waals surface area contributed by atoms with E-state index in [1.807, 2.05) is 25.1 Å². The first-order chi connectivity index (χ1) is 10.5. The lowest BCUT2D eigenvalue weighted by Crippen LogP contribution is -2.28. The lowest BCUT2D eigenvalue weighted by molar-refractivity contribution is -0.123. The van der Waals surface area contributed by atoms with Crippen molar-refractivity contribution in [2.45, 2.75) is 13.5 Å². The van der Waals surface area contributed by atoms with E-state index in [2.05, 4.69) is 21.2 Å². The molecule has 0 saturated carbocycles. The molecule has 0 aliphatic heterocycles. The molecule has 0 aromatic heterocycles. The van der Waals surface area contributed by atoms with E-state index < -0.39 is 0 Å². The predicted molar refractivity (Wildman–Crippen MR) is 92.7 cm³/mol. The van der Waals surface area contributed by atoms with Gasteiger partial charge in [-0.2, -0.15) is 0 Å². The molecule has 0 unspecified atom stereocenters. The quantitative estimate of drug-likeness (QED) is 0.782. The van der Waals surface area contributed by atoms with Crippen molar-refractivity contribution < 1.29 is 9.53 Å². The van der Waals surface area contributed by atoms with Crippen LogP contribution in [0.1, 0.15) is 11.1 Å². The Hall–Kier alpha value is -1.23. The summed E-state index contributed by atoms with van der Waals surface area (Å²) in [4.78, 5) is 11.8. The van der Waals surface area contributed by atoms with Gasteiger partial charge in [0.25, 0.3) is 5.91 Å². The summed E-state index contributed by atoms with van der Waals surface area (Å²) in [5.41, 5.74) is 1.79. The van der Waals surface area contributed by atoms with Crippen molar-refractivity contribution in [3.8, 4) is 5.75 Å². The third-order valence-electron chi connectivity index (χ3n) is 2.92. The highest BCUT2D eigenvalue weighted by molar-refractivity contribution is 9.10. The lowest BCUT2D eigenvalue weighted by atomic mass is 10.2. The van der Waals surface area contributed by atoms with E-state index in [-0.39, 0.29) is 12.5 Å². The molecule has 6 heteroatoms. The summed E-state index contributed by atoms with van der Waals surface area (Å²) in [7, 11) is 0. The number of halogens is 3. The maximum atomic E-state index is 11.8. The summed E-state index contributed by atoms with van der Waals surface area (Å²) >= 11 is 15.4. The van der Waals surface area contributed by atoms with Gasteiger partial charge in [0.2, 0.25) is 0 Å². The van der Waals surface area contributed by atoms with Crippen molar-refractivity contribution in [2.24, 2.45) is 0 Å². The van der Waals surface area contributed by atoms with E-state index in [0.717, 1.165) is 15.6 Å². The molecule has 2 aromatic carbocycles.